The molecule has 1 aromatic heterocycles. The molecule has 9 nitrogen and oxygen atoms in total. The Hall–Kier alpha value is -3.37. The van der Waals surface area contributed by atoms with Crippen molar-refractivity contribution in [3.05, 3.63) is 68.0 Å². The predicted octanol–water partition coefficient (Wildman–Crippen LogP) is 3.87. The molecule has 32 heavy (non-hydrogen) atoms. The van der Waals surface area contributed by atoms with Gasteiger partial charge in [0, 0.05) is 30.3 Å². The maximum atomic E-state index is 12.8. The molecule has 3 rings (SSSR count). The van der Waals surface area contributed by atoms with Crippen LogP contribution in [0.5, 0.6) is 0 Å². The molecule has 0 saturated carbocycles. The lowest BCUT2D eigenvalue weighted by molar-refractivity contribution is -0.385. The molecule has 0 aliphatic rings. The van der Waals surface area contributed by atoms with E-state index in [1.54, 1.807) is 32.0 Å². The third-order valence-electron chi connectivity index (χ3n) is 4.71. The van der Waals surface area contributed by atoms with Crippen molar-refractivity contribution in [2.75, 3.05) is 19.8 Å². The Bertz CT molecular complexity index is 1240. The van der Waals surface area contributed by atoms with Gasteiger partial charge in [0.25, 0.3) is 11.6 Å². The first-order valence-corrected chi connectivity index (χ1v) is 10.9. The highest BCUT2D eigenvalue weighted by molar-refractivity contribution is 7.16. The number of benzene rings is 2. The van der Waals surface area contributed by atoms with Gasteiger partial charge >= 0.3 is 5.97 Å². The average molecular weight is 458 g/mol. The van der Waals surface area contributed by atoms with Crippen molar-refractivity contribution in [1.29, 1.82) is 0 Å². The van der Waals surface area contributed by atoms with Crippen molar-refractivity contribution in [3.63, 3.8) is 0 Å². The van der Waals surface area contributed by atoms with Crippen LogP contribution in [0.25, 0.3) is 10.2 Å². The molecule has 0 unspecified atom stereocenters. The number of ether oxygens (including phenoxy) is 2. The molecule has 0 N–H and O–H groups in total. The minimum Gasteiger partial charge on any atom is -0.462 e. The highest BCUT2D eigenvalue weighted by Gasteiger charge is 2.16. The lowest BCUT2D eigenvalue weighted by atomic mass is 10.1. The summed E-state index contributed by atoms with van der Waals surface area (Å²) in [5.41, 5.74) is 1.66. The molecule has 0 aliphatic heterocycles. The third kappa shape index (κ3) is 5.09. The van der Waals surface area contributed by atoms with Crippen LogP contribution in [0.4, 0.5) is 5.69 Å². The minimum absolute atomic E-state index is 0.128. The Balaban J connectivity index is 2.08. The van der Waals surface area contributed by atoms with Gasteiger partial charge in [0.15, 0.2) is 4.80 Å². The van der Waals surface area contributed by atoms with Crippen LogP contribution < -0.4 is 4.80 Å². The van der Waals surface area contributed by atoms with Crippen LogP contribution in [0, 0.1) is 17.0 Å². The van der Waals surface area contributed by atoms with Crippen molar-refractivity contribution < 1.29 is 24.0 Å². The molecule has 10 heteroatoms. The fraction of sp³-hybridized carbons (Fsp3) is 0.318. The van der Waals surface area contributed by atoms with E-state index in [0.29, 0.717) is 35.7 Å². The minimum atomic E-state index is -0.588. The van der Waals surface area contributed by atoms with E-state index >= 15 is 0 Å². The van der Waals surface area contributed by atoms with E-state index in [9.17, 15) is 19.7 Å². The number of thiazole rings is 1. The number of nitrogens with zero attached hydrogens (tertiary/aromatic N) is 3. The van der Waals surface area contributed by atoms with E-state index in [-0.39, 0.29) is 17.9 Å². The smallest absolute Gasteiger partial charge is 0.338 e. The number of nitro benzene ring substituents is 1. The van der Waals surface area contributed by atoms with Gasteiger partial charge in [-0.15, -0.1) is 0 Å². The summed E-state index contributed by atoms with van der Waals surface area (Å²) in [6, 6.07) is 9.43. The summed E-state index contributed by atoms with van der Waals surface area (Å²) in [7, 11) is 0. The number of amides is 1. The van der Waals surface area contributed by atoms with Crippen molar-refractivity contribution in [3.8, 4) is 0 Å². The number of hydrogen-bond donors (Lipinski definition) is 0. The van der Waals surface area contributed by atoms with Crippen molar-refractivity contribution in [1.82, 2.24) is 4.57 Å². The van der Waals surface area contributed by atoms with E-state index in [4.69, 9.17) is 9.47 Å². The van der Waals surface area contributed by atoms with E-state index in [1.165, 1.54) is 29.5 Å². The number of aryl methyl sites for hydroxylation is 1. The van der Waals surface area contributed by atoms with E-state index in [0.717, 1.165) is 10.2 Å². The monoisotopic (exact) mass is 457 g/mol. The Morgan fingerprint density at radius 2 is 1.88 bits per heavy atom. The number of nitro groups is 1. The Morgan fingerprint density at radius 3 is 2.56 bits per heavy atom. The first-order chi connectivity index (χ1) is 15.3. The van der Waals surface area contributed by atoms with Crippen molar-refractivity contribution >= 4 is 39.1 Å². The zero-order valence-electron chi connectivity index (χ0n) is 18.0. The van der Waals surface area contributed by atoms with Gasteiger partial charge in [-0.3, -0.25) is 14.9 Å². The lowest BCUT2D eigenvalue weighted by Gasteiger charge is -2.06. The van der Waals surface area contributed by atoms with Crippen LogP contribution in [-0.4, -0.2) is 41.2 Å². The fourth-order valence-electron chi connectivity index (χ4n) is 3.11. The van der Waals surface area contributed by atoms with Crippen LogP contribution >= 0.6 is 11.3 Å². The topological polar surface area (TPSA) is 113 Å². The van der Waals surface area contributed by atoms with Gasteiger partial charge < -0.3 is 14.0 Å². The summed E-state index contributed by atoms with van der Waals surface area (Å²) in [6.07, 6.45) is 0. The number of carbonyl (C=O) groups is 2. The maximum Gasteiger partial charge on any atom is 0.338 e. The van der Waals surface area contributed by atoms with Gasteiger partial charge in [-0.25, -0.2) is 4.79 Å². The molecule has 0 atom stereocenters. The molecule has 1 amide bonds. The number of fused-ring (bicyclic) bond motifs is 1. The largest absolute Gasteiger partial charge is 0.462 e. The van der Waals surface area contributed by atoms with Crippen LogP contribution in [-0.2, 0) is 16.0 Å². The molecule has 3 aromatic rings. The highest BCUT2D eigenvalue weighted by atomic mass is 32.1. The predicted molar refractivity (Wildman–Crippen MR) is 120 cm³/mol. The zero-order chi connectivity index (χ0) is 23.3. The second-order valence-corrected chi connectivity index (χ2v) is 7.82. The molecule has 0 radical (unpaired) electrons. The summed E-state index contributed by atoms with van der Waals surface area (Å²) in [6.45, 7) is 6.92. The molecule has 168 valence electrons. The second kappa shape index (κ2) is 10.3. The summed E-state index contributed by atoms with van der Waals surface area (Å²) >= 11 is 1.25. The fourth-order valence-corrected chi connectivity index (χ4v) is 4.20. The van der Waals surface area contributed by atoms with Crippen LogP contribution in [0.1, 0.15) is 40.1 Å². The molecule has 1 heterocycles. The lowest BCUT2D eigenvalue weighted by Crippen LogP contribution is -2.19. The van der Waals surface area contributed by atoms with E-state index < -0.39 is 16.8 Å². The van der Waals surface area contributed by atoms with E-state index in [2.05, 4.69) is 4.99 Å². The number of esters is 1. The first kappa shape index (κ1) is 23.3. The Labute approximate surface area is 188 Å². The van der Waals surface area contributed by atoms with Gasteiger partial charge in [-0.05, 0) is 45.0 Å². The van der Waals surface area contributed by atoms with E-state index in [1.807, 2.05) is 11.5 Å². The van der Waals surface area contributed by atoms with Crippen LogP contribution in [0.3, 0.4) is 0 Å². The van der Waals surface area contributed by atoms with Gasteiger partial charge in [-0.1, -0.05) is 17.4 Å². The van der Waals surface area contributed by atoms with Gasteiger partial charge in [-0.2, -0.15) is 4.99 Å². The highest BCUT2D eigenvalue weighted by Crippen LogP contribution is 2.22. The number of aromatic nitrogens is 1. The molecule has 0 saturated heterocycles. The second-order valence-electron chi connectivity index (χ2n) is 6.81. The van der Waals surface area contributed by atoms with Crippen molar-refractivity contribution in [2.24, 2.45) is 4.99 Å². The first-order valence-electron chi connectivity index (χ1n) is 10.1. The maximum absolute atomic E-state index is 12.8. The van der Waals surface area contributed by atoms with Gasteiger partial charge in [0.1, 0.15) is 0 Å². The standard InChI is InChI=1S/C22H23N3O6S/c1-4-30-11-10-24-17-9-8-16(21(27)31-5-2)13-19(17)32-22(24)23-20(26)15-7-6-14(3)18(12-15)25(28)29/h6-9,12-13H,4-5,10-11H2,1-3H3. The summed E-state index contributed by atoms with van der Waals surface area (Å²) in [5.74, 6) is -1.01. The average Bonchev–Trinajstić information content (AvgIpc) is 3.10. The number of rotatable bonds is 8. The summed E-state index contributed by atoms with van der Waals surface area (Å²) in [5, 5.41) is 11.2. The van der Waals surface area contributed by atoms with Gasteiger partial charge in [0.05, 0.1) is 33.9 Å². The number of hydrogen-bond acceptors (Lipinski definition) is 7. The number of carbonyl (C=O) groups excluding carboxylic acids is 2. The van der Waals surface area contributed by atoms with Crippen molar-refractivity contribution in [2.45, 2.75) is 27.3 Å². The quantitative estimate of drug-likeness (QED) is 0.220. The normalized spacial score (nSPS) is 11.7. The molecular formula is C22H23N3O6S. The summed E-state index contributed by atoms with van der Waals surface area (Å²) < 4.78 is 13.1. The molecule has 0 spiro atoms. The third-order valence-corrected chi connectivity index (χ3v) is 5.75. The zero-order valence-corrected chi connectivity index (χ0v) is 18.8. The molecule has 0 aliphatic carbocycles. The summed E-state index contributed by atoms with van der Waals surface area (Å²) in [4.78, 5) is 40.2. The SMILES string of the molecule is CCOCCn1c(=NC(=O)c2ccc(C)c([N+](=O)[O-])c2)sc2cc(C(=O)OCC)ccc21. The van der Waals surface area contributed by atoms with Crippen LogP contribution in [0.2, 0.25) is 0 Å². The molecule has 2 aromatic carbocycles. The Kier molecular flexibility index (Phi) is 7.49. The molecular weight excluding hydrogens is 434 g/mol. The molecule has 0 fully saturated rings. The Morgan fingerprint density at radius 1 is 1.12 bits per heavy atom. The van der Waals surface area contributed by atoms with Gasteiger partial charge in [0.2, 0.25) is 0 Å². The van der Waals surface area contributed by atoms with Crippen LogP contribution in [0.15, 0.2) is 41.4 Å². The molecule has 0 bridgehead atoms.